The molecule has 66 heavy (non-hydrogen) atoms. The molecule has 2 aliphatic heterocycles. The van der Waals surface area contributed by atoms with Gasteiger partial charge in [-0.1, -0.05) is 13.8 Å². The molecular weight excluding hydrogens is 990 g/mol. The van der Waals surface area contributed by atoms with Crippen molar-refractivity contribution in [2.45, 2.75) is 221 Å². The Morgan fingerprint density at radius 1 is 0.591 bits per heavy atom. The van der Waals surface area contributed by atoms with Crippen molar-refractivity contribution in [2.75, 3.05) is 39.8 Å². The van der Waals surface area contributed by atoms with Crippen LogP contribution in [0.25, 0.3) is 0 Å². The molecule has 0 amide bonds. The summed E-state index contributed by atoms with van der Waals surface area (Å²) in [5.74, 6) is 2.66. The molecule has 0 atom stereocenters. The summed E-state index contributed by atoms with van der Waals surface area (Å²) in [7, 11) is -4.75. The van der Waals surface area contributed by atoms with E-state index in [1.54, 1.807) is 27.7 Å². The van der Waals surface area contributed by atoms with Crippen LogP contribution in [0.3, 0.4) is 0 Å². The maximum Gasteiger partial charge on any atom is 1.00 e. The van der Waals surface area contributed by atoms with Crippen molar-refractivity contribution in [3.05, 3.63) is 0 Å². The minimum Gasteiger partial charge on any atom is -0.821 e. The topological polar surface area (TPSA) is 202 Å². The normalized spacial score (nSPS) is 21.6. The molecule has 4 fully saturated rings. The molecule has 0 radical (unpaired) electrons. The molecule has 4 aliphatic rings. The predicted molar refractivity (Wildman–Crippen MR) is 283 cm³/mol. The van der Waals surface area contributed by atoms with Gasteiger partial charge >= 0.3 is 59.1 Å². The van der Waals surface area contributed by atoms with Gasteiger partial charge < -0.3 is 64.5 Å². The van der Waals surface area contributed by atoms with Crippen LogP contribution in [0, 0.1) is 17.8 Å². The van der Waals surface area contributed by atoms with E-state index < -0.39 is 15.1 Å². The Balaban J connectivity index is -0.000000101. The quantitative estimate of drug-likeness (QED) is 0.141. The number of rotatable bonds is 12. The molecule has 4 rings (SSSR count). The fourth-order valence-corrected chi connectivity index (χ4v) is 8.64. The van der Waals surface area contributed by atoms with Gasteiger partial charge in [0.25, 0.3) is 0 Å². The minimum atomic E-state index is -3.72. The van der Waals surface area contributed by atoms with E-state index in [9.17, 15) is 14.9 Å². The number of nitrogens with zero attached hydrogens (tertiary/aromatic N) is 2. The van der Waals surface area contributed by atoms with Crippen LogP contribution >= 0.6 is 64.8 Å². The molecule has 0 unspecified atom stereocenters. The van der Waals surface area contributed by atoms with Crippen molar-refractivity contribution >= 4 is 77.4 Å². The third-order valence-corrected chi connectivity index (χ3v) is 11.9. The molecular formula is C45H102Cl4N4Na2O9P2. The minimum absolute atomic E-state index is 0. The molecule has 2 saturated heterocycles. The Hall–Kier alpha value is 3.24. The number of aliphatic hydroxyl groups is 1. The maximum atomic E-state index is 10.1. The van der Waals surface area contributed by atoms with E-state index in [0.29, 0.717) is 36.4 Å². The van der Waals surface area contributed by atoms with E-state index in [0.717, 1.165) is 76.0 Å². The van der Waals surface area contributed by atoms with Gasteiger partial charge in [0.2, 0.25) is 7.57 Å². The van der Waals surface area contributed by atoms with Gasteiger partial charge in [-0.05, 0) is 197 Å². The van der Waals surface area contributed by atoms with E-state index in [-0.39, 0.29) is 127 Å². The van der Waals surface area contributed by atoms with E-state index in [1.165, 1.54) is 58.0 Å². The average Bonchev–Trinajstić information content (AvgIpc) is 3.09. The van der Waals surface area contributed by atoms with E-state index in [1.807, 2.05) is 0 Å². The summed E-state index contributed by atoms with van der Waals surface area (Å²) in [6.07, 6.45) is 22.3. The van der Waals surface area contributed by atoms with Gasteiger partial charge in [0, 0.05) is 37.8 Å². The molecule has 0 aromatic heterocycles. The zero-order valence-electron chi connectivity index (χ0n) is 44.4. The van der Waals surface area contributed by atoms with Gasteiger partial charge in [-0.15, -0.1) is 55.9 Å². The molecule has 0 bridgehead atoms. The molecule has 7 N–H and O–H groups in total. The van der Waals surface area contributed by atoms with Crippen molar-refractivity contribution in [3.8, 4) is 0 Å². The first kappa shape index (κ1) is 86.0. The van der Waals surface area contributed by atoms with Crippen LogP contribution in [-0.2, 0) is 18.5 Å². The molecule has 0 aromatic rings. The van der Waals surface area contributed by atoms with Gasteiger partial charge in [0.15, 0.2) is 0 Å². The summed E-state index contributed by atoms with van der Waals surface area (Å²) in [6, 6.07) is 1.59. The van der Waals surface area contributed by atoms with Crippen LogP contribution < -0.4 is 80.4 Å². The van der Waals surface area contributed by atoms with Gasteiger partial charge in [-0.3, -0.25) is 0 Å². The second-order valence-corrected chi connectivity index (χ2v) is 22.2. The van der Waals surface area contributed by atoms with Crippen molar-refractivity contribution in [1.29, 1.82) is 0 Å². The Bertz CT molecular complexity index is 1050. The number of halogens is 4. The SMILES string of the molecule is C=P(O)(O)OC(C)C.C=P([O-])([O-])OC(C)C.CC(C)CC1CCC(N)CC1.CC(C)N1CCC(O)CC1.CC(C)OC1CCC(N)CC1.CC(C)OCC1CCN(C)CC1.Cl.Cl.Cl.Cl.[Na+].[Na+]. The summed E-state index contributed by atoms with van der Waals surface area (Å²) in [5, 5.41) is 9.18. The predicted octanol–water partition coefficient (Wildman–Crippen LogP) is 2.45. The number of aliphatic hydroxyl groups excluding tert-OH is 1. The van der Waals surface area contributed by atoms with Crippen LogP contribution in [0.15, 0.2) is 0 Å². The van der Waals surface area contributed by atoms with Crippen LogP contribution in [0.5, 0.6) is 0 Å². The number of piperidine rings is 2. The van der Waals surface area contributed by atoms with Crippen molar-refractivity contribution in [1.82, 2.24) is 9.80 Å². The number of likely N-dealkylation sites (tertiary alicyclic amines) is 2. The van der Waals surface area contributed by atoms with Crippen LogP contribution in [0.2, 0.25) is 0 Å². The van der Waals surface area contributed by atoms with E-state index in [2.05, 4.69) is 93.9 Å². The fraction of sp³-hybridized carbons (Fsp3) is 0.956. The molecule has 2 heterocycles. The Labute approximate surface area is 475 Å². The molecule has 21 heteroatoms. The van der Waals surface area contributed by atoms with Crippen LogP contribution in [0.1, 0.15) is 167 Å². The number of hydrogen-bond donors (Lipinski definition) is 5. The van der Waals surface area contributed by atoms with Crippen molar-refractivity contribution in [2.24, 2.45) is 29.2 Å². The van der Waals surface area contributed by atoms with Crippen LogP contribution in [-0.4, -0.2) is 132 Å². The number of nitrogens with two attached hydrogens (primary N) is 2. The monoisotopic (exact) mass is 1090 g/mol. The first-order valence-electron chi connectivity index (χ1n) is 23.2. The summed E-state index contributed by atoms with van der Waals surface area (Å²) in [6.45, 7) is 29.7. The summed E-state index contributed by atoms with van der Waals surface area (Å²) < 4.78 is 20.2. The zero-order chi connectivity index (χ0) is 46.6. The zero-order valence-corrected chi connectivity index (χ0v) is 53.5. The maximum absolute atomic E-state index is 10.1. The average molecular weight is 1090 g/mol. The van der Waals surface area contributed by atoms with E-state index >= 15 is 0 Å². The molecule has 2 aliphatic carbocycles. The van der Waals surface area contributed by atoms with Gasteiger partial charge in [-0.25, -0.2) is 0 Å². The van der Waals surface area contributed by atoms with E-state index in [4.69, 9.17) is 30.7 Å². The number of ether oxygens (including phenoxy) is 2. The fourth-order valence-electron chi connectivity index (χ4n) is 7.32. The Morgan fingerprint density at radius 2 is 1.00 bits per heavy atom. The second kappa shape index (κ2) is 49.1. The summed E-state index contributed by atoms with van der Waals surface area (Å²) in [5.41, 5.74) is 11.6. The Morgan fingerprint density at radius 3 is 1.29 bits per heavy atom. The second-order valence-electron chi connectivity index (χ2n) is 19.2. The molecule has 2 saturated carbocycles. The van der Waals surface area contributed by atoms with Crippen molar-refractivity contribution in [3.63, 3.8) is 0 Å². The molecule has 0 spiro atoms. The molecule has 13 nitrogen and oxygen atoms in total. The Kier molecular flexibility index (Phi) is 64.0. The van der Waals surface area contributed by atoms with Gasteiger partial charge in [-0.2, -0.15) is 7.57 Å². The molecule has 0 aromatic carbocycles. The molecule has 396 valence electrons. The largest absolute Gasteiger partial charge is 1.00 e. The number of hydrogen-bond acceptors (Lipinski definition) is 13. The first-order valence-corrected chi connectivity index (χ1v) is 26.7. The van der Waals surface area contributed by atoms with Gasteiger partial charge in [0.1, 0.15) is 0 Å². The first-order chi connectivity index (χ1) is 27.6. The third kappa shape index (κ3) is 59.8. The standard InChI is InChI=1S/C10H21NO.C10H21N.C9H19NO.C8H17NO.C4H11O3P.C4H9O3P.4ClH.2Na/c1-9(2)12-8-10-4-6-11(3)7-5-10;1-8(2)7-9-3-5-10(11)6-4-9;1-7(2)11-9-5-3-8(10)4-6-9;1-7(2)9-5-3-8(10)4-6-9;2*1-4(2)7-8(3,5)6;;;;;;/h9-10H,4-8H2,1-3H3;8-10H,3-7,11H2,1-2H3;7-9H,3-6,10H2,1-2H3;7-8,10H,3-6H2,1-2H3;4-6H,3H2,1-2H3;4H,3H2,1-2H3;4*1H;;/q;;;;;-2;;;;;2*+1. The van der Waals surface area contributed by atoms with Crippen LogP contribution in [0.4, 0.5) is 0 Å². The smallest absolute Gasteiger partial charge is 0.821 e. The van der Waals surface area contributed by atoms with Gasteiger partial charge in [0.05, 0.1) is 36.6 Å². The van der Waals surface area contributed by atoms with Crippen molar-refractivity contribution < 1.29 is 102 Å². The summed E-state index contributed by atoms with van der Waals surface area (Å²) >= 11 is 0. The summed E-state index contributed by atoms with van der Waals surface area (Å²) in [4.78, 5) is 42.1. The third-order valence-electron chi connectivity index (χ3n) is 10.4.